The summed E-state index contributed by atoms with van der Waals surface area (Å²) in [6, 6.07) is 17.2. The number of nitrogens with one attached hydrogen (secondary N) is 2. The van der Waals surface area contributed by atoms with Crippen LogP contribution in [0.4, 0.5) is 5.69 Å². The van der Waals surface area contributed by atoms with Crippen molar-refractivity contribution in [2.75, 3.05) is 11.3 Å². The number of sulfonamides is 1. The SMILES string of the molecule is Cc1ccc(S(=O)(=O)Nc2cc(OCC(=O)O)cc3c2[nH]c2ccccc23)cc1. The van der Waals surface area contributed by atoms with Crippen molar-refractivity contribution < 1.29 is 23.1 Å². The lowest BCUT2D eigenvalue weighted by atomic mass is 10.1. The van der Waals surface area contributed by atoms with E-state index in [0.717, 1.165) is 21.9 Å². The Morgan fingerprint density at radius 3 is 2.52 bits per heavy atom. The quantitative estimate of drug-likeness (QED) is 0.447. The van der Waals surface area contributed by atoms with E-state index in [-0.39, 0.29) is 16.3 Å². The maximum absolute atomic E-state index is 12.9. The van der Waals surface area contributed by atoms with E-state index < -0.39 is 22.6 Å². The first-order valence-electron chi connectivity index (χ1n) is 8.82. The lowest BCUT2D eigenvalue weighted by molar-refractivity contribution is -0.139. The lowest BCUT2D eigenvalue weighted by Crippen LogP contribution is -2.14. The third-order valence-corrected chi connectivity index (χ3v) is 5.91. The van der Waals surface area contributed by atoms with Gasteiger partial charge in [-0.2, -0.15) is 0 Å². The van der Waals surface area contributed by atoms with E-state index >= 15 is 0 Å². The monoisotopic (exact) mass is 410 g/mol. The van der Waals surface area contributed by atoms with Crippen LogP contribution in [0.1, 0.15) is 5.56 Å². The maximum Gasteiger partial charge on any atom is 0.341 e. The van der Waals surface area contributed by atoms with Gasteiger partial charge in [0.25, 0.3) is 10.0 Å². The van der Waals surface area contributed by atoms with Crippen LogP contribution < -0.4 is 9.46 Å². The molecule has 4 aromatic rings. The van der Waals surface area contributed by atoms with Gasteiger partial charge in [0, 0.05) is 22.4 Å². The second-order valence-corrected chi connectivity index (χ2v) is 8.35. The van der Waals surface area contributed by atoms with Crippen LogP contribution in [0.15, 0.2) is 65.6 Å². The zero-order valence-corrected chi connectivity index (χ0v) is 16.3. The number of aliphatic carboxylic acids is 1. The minimum atomic E-state index is -3.85. The molecule has 3 aromatic carbocycles. The average Bonchev–Trinajstić information content (AvgIpc) is 3.06. The molecule has 29 heavy (non-hydrogen) atoms. The molecule has 4 rings (SSSR count). The zero-order valence-electron chi connectivity index (χ0n) is 15.5. The minimum Gasteiger partial charge on any atom is -0.482 e. The normalized spacial score (nSPS) is 11.6. The van der Waals surface area contributed by atoms with Crippen LogP contribution in [-0.2, 0) is 14.8 Å². The molecule has 148 valence electrons. The fraction of sp³-hybridized carbons (Fsp3) is 0.0952. The van der Waals surface area contributed by atoms with Gasteiger partial charge < -0.3 is 14.8 Å². The zero-order chi connectivity index (χ0) is 20.6. The highest BCUT2D eigenvalue weighted by Gasteiger charge is 2.18. The molecule has 3 N–H and O–H groups in total. The Morgan fingerprint density at radius 2 is 1.79 bits per heavy atom. The third-order valence-electron chi connectivity index (χ3n) is 4.53. The summed E-state index contributed by atoms with van der Waals surface area (Å²) in [4.78, 5) is 14.2. The molecule has 0 radical (unpaired) electrons. The van der Waals surface area contributed by atoms with E-state index in [0.29, 0.717) is 5.52 Å². The van der Waals surface area contributed by atoms with E-state index in [1.165, 1.54) is 18.2 Å². The van der Waals surface area contributed by atoms with E-state index in [4.69, 9.17) is 9.84 Å². The summed E-state index contributed by atoms with van der Waals surface area (Å²) in [5, 5.41) is 10.5. The molecule has 0 saturated carbocycles. The van der Waals surface area contributed by atoms with Gasteiger partial charge in [0.2, 0.25) is 0 Å². The number of anilines is 1. The van der Waals surface area contributed by atoms with Crippen LogP contribution in [0.2, 0.25) is 0 Å². The number of carbonyl (C=O) groups is 1. The summed E-state index contributed by atoms with van der Waals surface area (Å²) in [7, 11) is -3.85. The fourth-order valence-electron chi connectivity index (χ4n) is 3.15. The highest BCUT2D eigenvalue weighted by atomic mass is 32.2. The van der Waals surface area contributed by atoms with Crippen molar-refractivity contribution in [1.82, 2.24) is 4.98 Å². The Hall–Kier alpha value is -3.52. The van der Waals surface area contributed by atoms with Crippen LogP contribution in [0.25, 0.3) is 21.8 Å². The number of fused-ring (bicyclic) bond motifs is 3. The number of para-hydroxylation sites is 1. The van der Waals surface area contributed by atoms with E-state index in [2.05, 4.69) is 9.71 Å². The van der Waals surface area contributed by atoms with E-state index in [9.17, 15) is 13.2 Å². The van der Waals surface area contributed by atoms with Gasteiger partial charge in [-0.3, -0.25) is 4.72 Å². The van der Waals surface area contributed by atoms with Crippen molar-refractivity contribution in [2.24, 2.45) is 0 Å². The van der Waals surface area contributed by atoms with Crippen LogP contribution >= 0.6 is 0 Å². The molecule has 0 unspecified atom stereocenters. The molecule has 0 atom stereocenters. The average molecular weight is 410 g/mol. The van der Waals surface area contributed by atoms with E-state index in [1.54, 1.807) is 18.2 Å². The molecule has 0 amide bonds. The lowest BCUT2D eigenvalue weighted by Gasteiger charge is -2.12. The Balaban J connectivity index is 1.85. The Kier molecular flexibility index (Phi) is 4.63. The van der Waals surface area contributed by atoms with Crippen LogP contribution in [-0.4, -0.2) is 31.1 Å². The number of ether oxygens (including phenoxy) is 1. The summed E-state index contributed by atoms with van der Waals surface area (Å²) < 4.78 is 33.7. The van der Waals surface area contributed by atoms with Gasteiger partial charge in [0.05, 0.1) is 16.1 Å². The number of carboxylic acids is 1. The molecule has 0 aliphatic heterocycles. The van der Waals surface area contributed by atoms with Gasteiger partial charge in [0.15, 0.2) is 6.61 Å². The summed E-state index contributed by atoms with van der Waals surface area (Å²) in [5.74, 6) is -0.864. The molecule has 0 aliphatic carbocycles. The maximum atomic E-state index is 12.9. The molecule has 0 saturated heterocycles. The van der Waals surface area contributed by atoms with Crippen LogP contribution in [0, 0.1) is 6.92 Å². The molecule has 0 fully saturated rings. The number of benzene rings is 3. The molecular weight excluding hydrogens is 392 g/mol. The first kappa shape index (κ1) is 18.8. The Morgan fingerprint density at radius 1 is 1.07 bits per heavy atom. The van der Waals surface area contributed by atoms with Crippen molar-refractivity contribution in [3.05, 3.63) is 66.2 Å². The smallest absolute Gasteiger partial charge is 0.341 e. The Bertz CT molecular complexity index is 1320. The van der Waals surface area contributed by atoms with Gasteiger partial charge in [-0.15, -0.1) is 0 Å². The van der Waals surface area contributed by atoms with Gasteiger partial charge in [-0.25, -0.2) is 13.2 Å². The van der Waals surface area contributed by atoms with Crippen LogP contribution in [0.3, 0.4) is 0 Å². The van der Waals surface area contributed by atoms with Crippen molar-refractivity contribution >= 4 is 43.5 Å². The molecule has 0 aliphatic rings. The number of rotatable bonds is 6. The molecular formula is C21H18N2O5S. The summed E-state index contributed by atoms with van der Waals surface area (Å²) >= 11 is 0. The molecule has 8 heteroatoms. The van der Waals surface area contributed by atoms with Gasteiger partial charge >= 0.3 is 5.97 Å². The fourth-order valence-corrected chi connectivity index (χ4v) is 4.22. The topological polar surface area (TPSA) is 108 Å². The third kappa shape index (κ3) is 3.74. The molecule has 0 spiro atoms. The van der Waals surface area contributed by atoms with Crippen molar-refractivity contribution in [3.63, 3.8) is 0 Å². The molecule has 1 aromatic heterocycles. The van der Waals surface area contributed by atoms with E-state index in [1.807, 2.05) is 31.2 Å². The standard InChI is InChI=1S/C21H18N2O5S/c1-13-6-8-15(9-7-13)29(26,27)23-19-11-14(28-12-20(24)25)10-17-16-4-2-3-5-18(16)22-21(17)19/h2-11,22-23H,12H2,1H3,(H,24,25). The predicted octanol–water partition coefficient (Wildman–Crippen LogP) is 3.89. The summed E-state index contributed by atoms with van der Waals surface area (Å²) in [6.45, 7) is 1.35. The van der Waals surface area contributed by atoms with Crippen molar-refractivity contribution in [2.45, 2.75) is 11.8 Å². The van der Waals surface area contributed by atoms with Crippen molar-refractivity contribution in [3.8, 4) is 5.75 Å². The second-order valence-electron chi connectivity index (χ2n) is 6.66. The number of aromatic amines is 1. The van der Waals surface area contributed by atoms with Gasteiger partial charge in [0.1, 0.15) is 5.75 Å². The van der Waals surface area contributed by atoms with Gasteiger partial charge in [-0.1, -0.05) is 35.9 Å². The summed E-state index contributed by atoms with van der Waals surface area (Å²) in [5.41, 5.74) is 2.64. The predicted molar refractivity (Wildman–Crippen MR) is 111 cm³/mol. The first-order chi connectivity index (χ1) is 13.8. The second kappa shape index (κ2) is 7.14. The number of hydrogen-bond acceptors (Lipinski definition) is 4. The number of H-pyrrole nitrogens is 1. The Labute approximate surface area is 167 Å². The number of carboxylic acid groups (broad SMARTS) is 1. The first-order valence-corrected chi connectivity index (χ1v) is 10.3. The summed E-state index contributed by atoms with van der Waals surface area (Å²) in [6.07, 6.45) is 0. The van der Waals surface area contributed by atoms with Crippen molar-refractivity contribution in [1.29, 1.82) is 0 Å². The van der Waals surface area contributed by atoms with Crippen LogP contribution in [0.5, 0.6) is 5.75 Å². The molecule has 0 bridgehead atoms. The number of hydrogen-bond donors (Lipinski definition) is 3. The van der Waals surface area contributed by atoms with Gasteiger partial charge in [-0.05, 0) is 31.2 Å². The number of aryl methyl sites for hydroxylation is 1. The largest absolute Gasteiger partial charge is 0.482 e. The minimum absolute atomic E-state index is 0.129. The highest BCUT2D eigenvalue weighted by molar-refractivity contribution is 7.92. The molecule has 7 nitrogen and oxygen atoms in total. The highest BCUT2D eigenvalue weighted by Crippen LogP contribution is 2.35. The number of aromatic nitrogens is 1. The molecule has 1 heterocycles.